The number of fused-ring (bicyclic) bond motifs is 9. The molecule has 3 aliphatic carbocycles. The number of hydrogen-bond donors (Lipinski definition) is 0. The summed E-state index contributed by atoms with van der Waals surface area (Å²) in [6.45, 7) is 2.48. The molecule has 0 saturated carbocycles. The third-order valence-corrected chi connectivity index (χ3v) is 17.7. The van der Waals surface area contributed by atoms with Crippen LogP contribution in [0, 0.1) is 5.92 Å². The average Bonchev–Trinajstić information content (AvgIpc) is 1.62. The SMILES string of the molecule is COc1ccc(-c2ccc(-c3ccc4c(c3)C3(C5=C4C=CC(c4ccc(-c6ccc(OC)cc6)cc4)C5C)c4cc(-c5ccc(-c6ccc(OC)cc6)cc5)ccc4-c4ccc(-c5ccc(-c6ccc(OC)cc6)cc5)cc43)cc2)cc1. The highest BCUT2D eigenvalue weighted by atomic mass is 16.5. The molecule has 1 spiro atoms. The zero-order valence-corrected chi connectivity index (χ0v) is 46.6. The summed E-state index contributed by atoms with van der Waals surface area (Å²) >= 11 is 0. The molecule has 4 nitrogen and oxygen atoms in total. The molecule has 14 rings (SSSR count). The van der Waals surface area contributed by atoms with Crippen LogP contribution in [0.4, 0.5) is 0 Å². The minimum absolute atomic E-state index is 0.116. The Bertz CT molecular complexity index is 4110. The molecule has 0 aliphatic heterocycles. The van der Waals surface area contributed by atoms with E-state index in [1.807, 2.05) is 48.5 Å². The van der Waals surface area contributed by atoms with Crippen molar-refractivity contribution in [1.29, 1.82) is 0 Å². The summed E-state index contributed by atoms with van der Waals surface area (Å²) in [5.74, 6) is 3.63. The van der Waals surface area contributed by atoms with E-state index >= 15 is 0 Å². The highest BCUT2D eigenvalue weighted by molar-refractivity contribution is 6.00. The molecule has 0 amide bonds. The van der Waals surface area contributed by atoms with Gasteiger partial charge in [0.15, 0.2) is 0 Å². The Morgan fingerprint density at radius 1 is 0.280 bits per heavy atom. The highest BCUT2D eigenvalue weighted by Gasteiger charge is 2.55. The second-order valence-electron chi connectivity index (χ2n) is 21.8. The van der Waals surface area contributed by atoms with Crippen LogP contribution in [0.2, 0.25) is 0 Å². The van der Waals surface area contributed by atoms with Gasteiger partial charge in [-0.3, -0.25) is 0 Å². The summed E-state index contributed by atoms with van der Waals surface area (Å²) < 4.78 is 22.0. The number of hydrogen-bond acceptors (Lipinski definition) is 4. The molecular formula is C78H60O4. The van der Waals surface area contributed by atoms with Crippen molar-refractivity contribution in [2.24, 2.45) is 5.92 Å². The normalized spacial score (nSPS) is 15.1. The number of benzene rings is 11. The largest absolute Gasteiger partial charge is 0.497 e. The lowest BCUT2D eigenvalue weighted by Crippen LogP contribution is -2.33. The Hall–Kier alpha value is -9.90. The Labute approximate surface area is 480 Å². The van der Waals surface area contributed by atoms with Gasteiger partial charge >= 0.3 is 0 Å². The van der Waals surface area contributed by atoms with E-state index in [0.29, 0.717) is 0 Å². The molecule has 82 heavy (non-hydrogen) atoms. The van der Waals surface area contributed by atoms with Crippen LogP contribution in [0.15, 0.2) is 266 Å². The maximum Gasteiger partial charge on any atom is 0.118 e. The van der Waals surface area contributed by atoms with Crippen molar-refractivity contribution in [3.63, 3.8) is 0 Å². The van der Waals surface area contributed by atoms with Gasteiger partial charge in [0.2, 0.25) is 0 Å². The van der Waals surface area contributed by atoms with Crippen molar-refractivity contribution in [3.8, 4) is 112 Å². The standard InChI is InChI=1S/C78H60O4/c1-49-69(61-20-18-53(19-21-61)57-28-39-68(82-5)40-29-57)44-45-73-72-43-32-64(60-16-10-52(11-17-60)56-26-37-67(81-4)38-27-56)48-76(72)78(77(49)73)74-46-62(58-12-6-50(7-13-58)54-22-33-65(79-2)34-23-54)30-41-70(74)71-42-31-63(47-75(71)78)59-14-8-51(9-15-59)55-24-35-66(80-3)36-25-55/h6-49,69H,1-5H3. The van der Waals surface area contributed by atoms with Crippen molar-refractivity contribution in [3.05, 3.63) is 294 Å². The molecule has 0 bridgehead atoms. The molecule has 0 N–H and O–H groups in total. The van der Waals surface area contributed by atoms with Crippen LogP contribution in [-0.2, 0) is 5.41 Å². The van der Waals surface area contributed by atoms with Crippen molar-refractivity contribution in [2.45, 2.75) is 18.3 Å². The van der Waals surface area contributed by atoms with E-state index in [1.54, 1.807) is 28.4 Å². The maximum atomic E-state index is 5.50. The van der Waals surface area contributed by atoms with Gasteiger partial charge in [0.05, 0.1) is 33.9 Å². The lowest BCUT2D eigenvalue weighted by Gasteiger charge is -2.39. The molecule has 11 aromatic rings. The fourth-order valence-electron chi connectivity index (χ4n) is 13.3. The lowest BCUT2D eigenvalue weighted by atomic mass is 9.62. The van der Waals surface area contributed by atoms with E-state index in [0.717, 1.165) is 61.9 Å². The number of rotatable bonds is 12. The Balaban J connectivity index is 0.945. The molecule has 0 fully saturated rings. The van der Waals surface area contributed by atoms with E-state index in [2.05, 4.69) is 219 Å². The minimum Gasteiger partial charge on any atom is -0.497 e. The molecule has 4 heteroatoms. The molecule has 0 aromatic heterocycles. The van der Waals surface area contributed by atoms with Crippen LogP contribution in [0.1, 0.15) is 40.7 Å². The summed E-state index contributed by atoms with van der Waals surface area (Å²) in [7, 11) is 6.84. The first kappa shape index (κ1) is 50.3. The van der Waals surface area contributed by atoms with Crippen LogP contribution in [-0.4, -0.2) is 28.4 Å². The van der Waals surface area contributed by atoms with Gasteiger partial charge in [-0.05, 0) is 201 Å². The second kappa shape index (κ2) is 20.6. The summed E-state index contributed by atoms with van der Waals surface area (Å²) in [5, 5.41) is 0. The van der Waals surface area contributed by atoms with Gasteiger partial charge in [0, 0.05) is 5.92 Å². The Kier molecular flexibility index (Phi) is 12.7. The molecule has 396 valence electrons. The van der Waals surface area contributed by atoms with E-state index in [9.17, 15) is 0 Å². The van der Waals surface area contributed by atoms with Gasteiger partial charge in [0.1, 0.15) is 23.0 Å². The van der Waals surface area contributed by atoms with Gasteiger partial charge in [-0.1, -0.05) is 201 Å². The first-order valence-corrected chi connectivity index (χ1v) is 28.2. The minimum atomic E-state index is -0.641. The Morgan fingerprint density at radius 3 is 0.829 bits per heavy atom. The zero-order valence-electron chi connectivity index (χ0n) is 46.6. The molecule has 2 unspecified atom stereocenters. The van der Waals surface area contributed by atoms with Crippen molar-refractivity contribution in [1.82, 2.24) is 0 Å². The van der Waals surface area contributed by atoms with E-state index in [4.69, 9.17) is 18.9 Å². The lowest BCUT2D eigenvalue weighted by molar-refractivity contribution is 0.415. The average molecular weight is 1060 g/mol. The highest BCUT2D eigenvalue weighted by Crippen LogP contribution is 2.67. The quantitative estimate of drug-likeness (QED) is 0.122. The molecule has 3 aliphatic rings. The molecule has 2 atom stereocenters. The topological polar surface area (TPSA) is 36.9 Å². The van der Waals surface area contributed by atoms with Crippen LogP contribution in [0.5, 0.6) is 23.0 Å². The van der Waals surface area contributed by atoms with Gasteiger partial charge in [-0.15, -0.1) is 0 Å². The van der Waals surface area contributed by atoms with Crippen molar-refractivity contribution in [2.75, 3.05) is 28.4 Å². The number of methoxy groups -OCH3 is 4. The van der Waals surface area contributed by atoms with Crippen LogP contribution in [0.25, 0.3) is 94.6 Å². The van der Waals surface area contributed by atoms with Crippen molar-refractivity contribution >= 4 is 5.57 Å². The predicted molar refractivity (Wildman–Crippen MR) is 337 cm³/mol. The number of allylic oxidation sites excluding steroid dienone is 4. The third kappa shape index (κ3) is 8.53. The molecule has 11 aromatic carbocycles. The maximum absolute atomic E-state index is 5.50. The van der Waals surface area contributed by atoms with Gasteiger partial charge in [-0.25, -0.2) is 0 Å². The third-order valence-electron chi connectivity index (χ3n) is 17.7. The summed E-state index contributed by atoms with van der Waals surface area (Å²) in [5.41, 5.74) is 27.6. The Morgan fingerprint density at radius 2 is 0.524 bits per heavy atom. The molecule has 0 radical (unpaired) electrons. The summed E-state index contributed by atoms with van der Waals surface area (Å²) in [4.78, 5) is 0. The van der Waals surface area contributed by atoms with E-state index in [1.165, 1.54) is 89.0 Å². The molecule has 0 saturated heterocycles. The fourth-order valence-corrected chi connectivity index (χ4v) is 13.3. The fraction of sp³-hybridized carbons (Fsp3) is 0.103. The van der Waals surface area contributed by atoms with Gasteiger partial charge in [-0.2, -0.15) is 0 Å². The van der Waals surface area contributed by atoms with Crippen LogP contribution in [0.3, 0.4) is 0 Å². The van der Waals surface area contributed by atoms with Crippen LogP contribution >= 0.6 is 0 Å². The number of ether oxygens (including phenoxy) is 4. The van der Waals surface area contributed by atoms with E-state index in [-0.39, 0.29) is 11.8 Å². The second-order valence-corrected chi connectivity index (χ2v) is 21.8. The van der Waals surface area contributed by atoms with E-state index < -0.39 is 5.41 Å². The van der Waals surface area contributed by atoms with Crippen LogP contribution < -0.4 is 18.9 Å². The zero-order chi connectivity index (χ0) is 55.5. The molecular weight excluding hydrogens is 1000 g/mol. The monoisotopic (exact) mass is 1060 g/mol. The van der Waals surface area contributed by atoms with Gasteiger partial charge in [0.25, 0.3) is 0 Å². The first-order chi connectivity index (χ1) is 40.3. The summed E-state index contributed by atoms with van der Waals surface area (Å²) in [6.07, 6.45) is 4.92. The first-order valence-electron chi connectivity index (χ1n) is 28.2. The van der Waals surface area contributed by atoms with Gasteiger partial charge < -0.3 is 18.9 Å². The molecule has 0 heterocycles. The summed E-state index contributed by atoms with van der Waals surface area (Å²) in [6, 6.07) is 91.5. The smallest absolute Gasteiger partial charge is 0.118 e. The predicted octanol–water partition coefficient (Wildman–Crippen LogP) is 19.5. The van der Waals surface area contributed by atoms with Crippen molar-refractivity contribution < 1.29 is 18.9 Å².